The van der Waals surface area contributed by atoms with Gasteiger partial charge in [0.1, 0.15) is 11.3 Å². The highest BCUT2D eigenvalue weighted by Crippen LogP contribution is 2.25. The minimum absolute atomic E-state index is 0.431. The van der Waals surface area contributed by atoms with Crippen LogP contribution in [0.25, 0.3) is 0 Å². The van der Waals surface area contributed by atoms with Crippen molar-refractivity contribution < 1.29 is 14.4 Å². The molecule has 0 aliphatic heterocycles. The summed E-state index contributed by atoms with van der Waals surface area (Å²) in [7, 11) is 0. The van der Waals surface area contributed by atoms with Gasteiger partial charge < -0.3 is 5.32 Å². The highest BCUT2D eigenvalue weighted by Gasteiger charge is 2.52. The Morgan fingerprint density at radius 3 is 2.50 bits per heavy atom. The molecule has 0 aromatic rings. The van der Waals surface area contributed by atoms with Gasteiger partial charge in [0, 0.05) is 6.54 Å². The van der Waals surface area contributed by atoms with Gasteiger partial charge in [-0.3, -0.25) is 14.4 Å². The molecule has 0 aromatic carbocycles. The van der Waals surface area contributed by atoms with Gasteiger partial charge in [0.2, 0.25) is 17.5 Å². The molecule has 4 nitrogen and oxygen atoms in total. The quantitative estimate of drug-likeness (QED) is 0.362. The van der Waals surface area contributed by atoms with Crippen molar-refractivity contribution in [3.63, 3.8) is 0 Å². The molecule has 1 fully saturated rings. The molecule has 0 aromatic heterocycles. The van der Waals surface area contributed by atoms with E-state index in [1.807, 2.05) is 0 Å². The van der Waals surface area contributed by atoms with Crippen LogP contribution in [0, 0.1) is 5.92 Å². The average Bonchev–Trinajstić information content (AvgIpc) is 2.05. The number of Topliss-reactive ketones (excluding diaryl/α,β-unsaturated/α-hetero) is 2. The first-order chi connectivity index (χ1) is 5.59. The Balaban J connectivity index is 2.60. The Labute approximate surface area is 74.3 Å². The highest BCUT2D eigenvalue weighted by atomic mass is 35.5. The van der Waals surface area contributed by atoms with Crippen LogP contribution in [0.2, 0.25) is 0 Å². The third kappa shape index (κ3) is 1.22. The summed E-state index contributed by atoms with van der Waals surface area (Å²) >= 11 is 5.46. The molecule has 0 saturated heterocycles. The van der Waals surface area contributed by atoms with Crippen molar-refractivity contribution in [1.82, 2.24) is 5.32 Å². The van der Waals surface area contributed by atoms with Gasteiger partial charge in [-0.1, -0.05) is 0 Å². The van der Waals surface area contributed by atoms with Crippen LogP contribution in [0.1, 0.15) is 6.92 Å². The summed E-state index contributed by atoms with van der Waals surface area (Å²) in [5.74, 6) is -2.75. The fourth-order valence-electron chi connectivity index (χ4n) is 1.01. The summed E-state index contributed by atoms with van der Waals surface area (Å²) in [6, 6.07) is 0. The molecule has 1 saturated carbocycles. The van der Waals surface area contributed by atoms with Crippen molar-refractivity contribution >= 4 is 29.1 Å². The largest absolute Gasteiger partial charge is 0.356 e. The lowest BCUT2D eigenvalue weighted by molar-refractivity contribution is -0.151. The number of halogens is 1. The van der Waals surface area contributed by atoms with Crippen LogP contribution >= 0.6 is 11.6 Å². The molecule has 1 amide bonds. The van der Waals surface area contributed by atoms with Gasteiger partial charge in [0.05, 0.1) is 0 Å². The maximum Gasteiger partial charge on any atom is 0.233 e. The molecule has 2 unspecified atom stereocenters. The lowest BCUT2D eigenvalue weighted by Crippen LogP contribution is -2.56. The Kier molecular flexibility index (Phi) is 2.47. The molecule has 0 radical (unpaired) electrons. The lowest BCUT2D eigenvalue weighted by atomic mass is 9.81. The number of amides is 1. The van der Waals surface area contributed by atoms with Crippen molar-refractivity contribution in [3.8, 4) is 0 Å². The summed E-state index contributed by atoms with van der Waals surface area (Å²) in [4.78, 5) is 32.4. The molecule has 0 heterocycles. The van der Waals surface area contributed by atoms with Crippen molar-refractivity contribution in [2.45, 2.75) is 12.3 Å². The monoisotopic (exact) mass is 189 g/mol. The molecule has 0 bridgehead atoms. The van der Waals surface area contributed by atoms with Gasteiger partial charge >= 0.3 is 0 Å². The van der Waals surface area contributed by atoms with Gasteiger partial charge in [-0.2, -0.15) is 0 Å². The van der Waals surface area contributed by atoms with E-state index in [2.05, 4.69) is 5.32 Å². The van der Waals surface area contributed by atoms with E-state index in [9.17, 15) is 14.4 Å². The van der Waals surface area contributed by atoms with E-state index < -0.39 is 28.8 Å². The molecule has 1 rings (SSSR count). The zero-order valence-electron chi connectivity index (χ0n) is 6.46. The molecule has 12 heavy (non-hydrogen) atoms. The van der Waals surface area contributed by atoms with Gasteiger partial charge in [-0.25, -0.2) is 0 Å². The second-order valence-electron chi connectivity index (χ2n) is 2.50. The summed E-state index contributed by atoms with van der Waals surface area (Å²) in [6.07, 6.45) is 0. The minimum atomic E-state index is -0.959. The fourth-order valence-corrected chi connectivity index (χ4v) is 1.35. The molecule has 5 heteroatoms. The van der Waals surface area contributed by atoms with Gasteiger partial charge in [-0.05, 0) is 6.92 Å². The van der Waals surface area contributed by atoms with Crippen molar-refractivity contribution in [1.29, 1.82) is 0 Å². The Morgan fingerprint density at radius 2 is 2.08 bits per heavy atom. The number of hydrogen-bond donors (Lipinski definition) is 1. The molecule has 66 valence electrons. The van der Waals surface area contributed by atoms with E-state index in [0.717, 1.165) is 0 Å². The van der Waals surface area contributed by atoms with E-state index in [1.54, 1.807) is 6.92 Å². The van der Waals surface area contributed by atoms with Crippen LogP contribution in [0.3, 0.4) is 0 Å². The molecule has 1 aliphatic carbocycles. The van der Waals surface area contributed by atoms with Crippen molar-refractivity contribution in [3.05, 3.63) is 0 Å². The van der Waals surface area contributed by atoms with E-state index >= 15 is 0 Å². The molecule has 2 atom stereocenters. The summed E-state index contributed by atoms with van der Waals surface area (Å²) in [5, 5.41) is 1.48. The first-order valence-electron chi connectivity index (χ1n) is 3.59. The lowest BCUT2D eigenvalue weighted by Gasteiger charge is -2.26. The Morgan fingerprint density at radius 1 is 1.50 bits per heavy atom. The number of ketones is 2. The van der Waals surface area contributed by atoms with Gasteiger partial charge in [-0.15, -0.1) is 11.6 Å². The number of nitrogens with one attached hydrogen (secondary N) is 1. The number of hydrogen-bond acceptors (Lipinski definition) is 3. The average molecular weight is 190 g/mol. The molecule has 1 N–H and O–H groups in total. The first kappa shape index (κ1) is 9.19. The Hall–Kier alpha value is -0.900. The van der Waals surface area contributed by atoms with Gasteiger partial charge in [0.15, 0.2) is 0 Å². The highest BCUT2D eigenvalue weighted by molar-refractivity contribution is 6.61. The normalized spacial score (nSPS) is 28.2. The predicted octanol–water partition coefficient (Wildman–Crippen LogP) is -0.502. The number of carbonyl (C=O) groups is 3. The van der Waals surface area contributed by atoms with Crippen LogP contribution in [-0.2, 0) is 14.4 Å². The summed E-state index contributed by atoms with van der Waals surface area (Å²) < 4.78 is 0. The minimum Gasteiger partial charge on any atom is -0.356 e. The molecular formula is C7H8ClNO3. The smallest absolute Gasteiger partial charge is 0.233 e. The van der Waals surface area contributed by atoms with Gasteiger partial charge in [0.25, 0.3) is 0 Å². The van der Waals surface area contributed by atoms with Crippen LogP contribution in [-0.4, -0.2) is 29.4 Å². The third-order valence-corrected chi connectivity index (χ3v) is 2.15. The molecular weight excluding hydrogens is 182 g/mol. The Bertz CT molecular complexity index is 251. The summed E-state index contributed by atoms with van der Waals surface area (Å²) in [5.41, 5.74) is 0. The number of rotatable bonds is 2. The molecule has 1 aliphatic rings. The van der Waals surface area contributed by atoms with Crippen LogP contribution in [0.5, 0.6) is 0 Å². The maximum atomic E-state index is 11.0. The second-order valence-corrected chi connectivity index (χ2v) is 2.97. The zero-order chi connectivity index (χ0) is 9.30. The SMILES string of the molecule is CCNC(=O)C1C(=O)C(=O)C1Cl. The fraction of sp³-hybridized carbons (Fsp3) is 0.571. The van der Waals surface area contributed by atoms with Crippen LogP contribution in [0.4, 0.5) is 0 Å². The first-order valence-corrected chi connectivity index (χ1v) is 4.03. The van der Waals surface area contributed by atoms with E-state index in [4.69, 9.17) is 11.6 Å². The van der Waals surface area contributed by atoms with E-state index in [-0.39, 0.29) is 0 Å². The topological polar surface area (TPSA) is 63.2 Å². The maximum absolute atomic E-state index is 11.0. The summed E-state index contributed by atoms with van der Waals surface area (Å²) in [6.45, 7) is 2.16. The number of carbonyl (C=O) groups excluding carboxylic acids is 3. The molecule has 0 spiro atoms. The van der Waals surface area contributed by atoms with E-state index in [0.29, 0.717) is 6.54 Å². The van der Waals surface area contributed by atoms with E-state index in [1.165, 1.54) is 0 Å². The van der Waals surface area contributed by atoms with Crippen LogP contribution < -0.4 is 5.32 Å². The standard InChI is InChI=1S/C7H8ClNO3/c1-2-9-7(12)3-4(8)6(11)5(3)10/h3-4H,2H2,1H3,(H,9,12). The number of alkyl halides is 1. The van der Waals surface area contributed by atoms with Crippen molar-refractivity contribution in [2.24, 2.45) is 5.92 Å². The van der Waals surface area contributed by atoms with Crippen LogP contribution in [0.15, 0.2) is 0 Å². The second kappa shape index (κ2) is 3.23. The predicted molar refractivity (Wildman–Crippen MR) is 41.8 cm³/mol. The zero-order valence-corrected chi connectivity index (χ0v) is 7.22. The third-order valence-electron chi connectivity index (χ3n) is 1.70. The van der Waals surface area contributed by atoms with Crippen molar-refractivity contribution in [2.75, 3.05) is 6.54 Å².